The summed E-state index contributed by atoms with van der Waals surface area (Å²) in [5.74, 6) is 1.74. The van der Waals surface area contributed by atoms with E-state index >= 15 is 0 Å². The van der Waals surface area contributed by atoms with Gasteiger partial charge in [-0.05, 0) is 28.8 Å². The van der Waals surface area contributed by atoms with E-state index in [1.807, 2.05) is 0 Å². The molecule has 2 aromatic heterocycles. The number of rotatable bonds is 5. The molecule has 1 aliphatic heterocycles. The molecule has 1 aliphatic rings. The lowest BCUT2D eigenvalue weighted by Gasteiger charge is -2.32. The summed E-state index contributed by atoms with van der Waals surface area (Å²) in [4.78, 5) is 19.1. The first-order valence-electron chi connectivity index (χ1n) is 7.53. The molecule has 0 saturated carbocycles. The number of piperidine rings is 1. The van der Waals surface area contributed by atoms with Crippen LogP contribution in [0.15, 0.2) is 23.1 Å². The number of anilines is 1. The van der Waals surface area contributed by atoms with Gasteiger partial charge in [0.15, 0.2) is 5.75 Å². The third-order valence-corrected chi connectivity index (χ3v) is 4.21. The number of halogens is 1. The highest BCUT2D eigenvalue weighted by molar-refractivity contribution is 9.10. The molecule has 3 heterocycles. The molecule has 0 bridgehead atoms. The Morgan fingerprint density at radius 2 is 1.92 bits per heavy atom. The van der Waals surface area contributed by atoms with Gasteiger partial charge in [0.25, 0.3) is 0 Å². The summed E-state index contributed by atoms with van der Waals surface area (Å²) in [6.07, 6.45) is 6.75. The van der Waals surface area contributed by atoms with Crippen molar-refractivity contribution in [2.75, 3.05) is 32.2 Å². The minimum absolute atomic E-state index is 0.0228. The summed E-state index contributed by atoms with van der Waals surface area (Å²) >= 11 is 3.36. The van der Waals surface area contributed by atoms with Gasteiger partial charge in [0.2, 0.25) is 11.8 Å². The van der Waals surface area contributed by atoms with E-state index in [4.69, 9.17) is 14.2 Å². The van der Waals surface area contributed by atoms with Crippen molar-refractivity contribution in [3.8, 4) is 17.6 Å². The van der Waals surface area contributed by atoms with Gasteiger partial charge in [-0.1, -0.05) is 0 Å². The van der Waals surface area contributed by atoms with Crippen LogP contribution < -0.4 is 19.1 Å². The van der Waals surface area contributed by atoms with Crippen LogP contribution in [-0.4, -0.2) is 53.3 Å². The second-order valence-corrected chi connectivity index (χ2v) is 6.12. The molecule has 8 nitrogen and oxygen atoms in total. The highest BCUT2D eigenvalue weighted by Crippen LogP contribution is 2.25. The first kappa shape index (κ1) is 16.7. The fourth-order valence-corrected chi connectivity index (χ4v) is 2.83. The molecular weight excluding hydrogens is 378 g/mol. The summed E-state index contributed by atoms with van der Waals surface area (Å²) in [5, 5.41) is 0. The first-order valence-corrected chi connectivity index (χ1v) is 8.33. The molecule has 128 valence electrons. The smallest absolute Gasteiger partial charge is 0.316 e. The van der Waals surface area contributed by atoms with Crippen molar-refractivity contribution in [2.24, 2.45) is 0 Å². The molecule has 0 aliphatic carbocycles. The molecule has 24 heavy (non-hydrogen) atoms. The first-order chi connectivity index (χ1) is 11.7. The summed E-state index contributed by atoms with van der Waals surface area (Å²) < 4.78 is 16.9. The van der Waals surface area contributed by atoms with Crippen LogP contribution in [0, 0.1) is 0 Å². The molecule has 1 saturated heterocycles. The van der Waals surface area contributed by atoms with Crippen molar-refractivity contribution in [1.29, 1.82) is 0 Å². The van der Waals surface area contributed by atoms with E-state index in [0.29, 0.717) is 30.1 Å². The molecular formula is C15H18BrN5O3. The average Bonchev–Trinajstić information content (AvgIpc) is 2.63. The fraction of sp³-hybridized carbons (Fsp3) is 0.467. The second-order valence-electron chi connectivity index (χ2n) is 5.26. The lowest BCUT2D eigenvalue weighted by atomic mass is 10.1. The van der Waals surface area contributed by atoms with E-state index in [2.05, 4.69) is 40.8 Å². The zero-order valence-electron chi connectivity index (χ0n) is 13.5. The number of hydrogen-bond donors (Lipinski definition) is 0. The molecule has 3 rings (SSSR count). The van der Waals surface area contributed by atoms with Gasteiger partial charge in [0.05, 0.1) is 43.8 Å². The summed E-state index contributed by atoms with van der Waals surface area (Å²) in [7, 11) is 3.16. The van der Waals surface area contributed by atoms with Crippen LogP contribution >= 0.6 is 15.9 Å². The van der Waals surface area contributed by atoms with E-state index in [0.717, 1.165) is 23.9 Å². The normalized spacial score (nSPS) is 17.5. The molecule has 0 N–H and O–H groups in total. The standard InChI is InChI=1S/C15H18BrN5O3/c1-22-11-6-18-15(19-7-11)24-10-4-3-5-21(9-10)14-17-8-12(16)13(20-14)23-2/h6-8,10H,3-5,9H2,1-2H3. The molecule has 1 fully saturated rings. The summed E-state index contributed by atoms with van der Waals surface area (Å²) in [6.45, 7) is 1.54. The van der Waals surface area contributed by atoms with E-state index in [9.17, 15) is 0 Å². The van der Waals surface area contributed by atoms with Gasteiger partial charge >= 0.3 is 6.01 Å². The molecule has 9 heteroatoms. The van der Waals surface area contributed by atoms with Crippen LogP contribution in [0.3, 0.4) is 0 Å². The maximum Gasteiger partial charge on any atom is 0.316 e. The van der Waals surface area contributed by atoms with Gasteiger partial charge in [-0.3, -0.25) is 0 Å². The fourth-order valence-electron chi connectivity index (χ4n) is 2.47. The molecule has 0 radical (unpaired) electrons. The maximum atomic E-state index is 5.87. The third-order valence-electron chi connectivity index (χ3n) is 3.67. The Hall–Kier alpha value is -2.16. The van der Waals surface area contributed by atoms with Crippen LogP contribution in [0.4, 0.5) is 5.95 Å². The second kappa shape index (κ2) is 7.61. The Kier molecular flexibility index (Phi) is 5.29. The van der Waals surface area contributed by atoms with Gasteiger partial charge in [0.1, 0.15) is 6.10 Å². The molecule has 0 aromatic carbocycles. The Bertz CT molecular complexity index is 685. The molecule has 2 aromatic rings. The Morgan fingerprint density at radius 1 is 1.12 bits per heavy atom. The Labute approximate surface area is 148 Å². The van der Waals surface area contributed by atoms with Crippen LogP contribution in [0.5, 0.6) is 17.6 Å². The largest absolute Gasteiger partial charge is 0.494 e. The minimum Gasteiger partial charge on any atom is -0.494 e. The monoisotopic (exact) mass is 395 g/mol. The SMILES string of the molecule is COc1cnc(OC2CCCN(c3ncc(Br)c(OC)n3)C2)nc1. The number of methoxy groups -OCH3 is 2. The number of nitrogens with zero attached hydrogens (tertiary/aromatic N) is 5. The number of hydrogen-bond acceptors (Lipinski definition) is 8. The lowest BCUT2D eigenvalue weighted by molar-refractivity contribution is 0.163. The predicted octanol–water partition coefficient (Wildman–Crippen LogP) is 2.09. The molecule has 0 amide bonds. The van der Waals surface area contributed by atoms with E-state index in [1.165, 1.54) is 0 Å². The predicted molar refractivity (Wildman–Crippen MR) is 90.7 cm³/mol. The van der Waals surface area contributed by atoms with Gasteiger partial charge in [0, 0.05) is 6.54 Å². The van der Waals surface area contributed by atoms with Crippen LogP contribution in [-0.2, 0) is 0 Å². The number of aromatic nitrogens is 4. The zero-order chi connectivity index (χ0) is 16.9. The zero-order valence-corrected chi connectivity index (χ0v) is 15.1. The van der Waals surface area contributed by atoms with E-state index in [1.54, 1.807) is 32.8 Å². The minimum atomic E-state index is -0.0228. The number of ether oxygens (including phenoxy) is 3. The quantitative estimate of drug-likeness (QED) is 0.760. The van der Waals surface area contributed by atoms with Gasteiger partial charge in [-0.15, -0.1) is 0 Å². The topological polar surface area (TPSA) is 82.5 Å². The van der Waals surface area contributed by atoms with Crippen LogP contribution in [0.1, 0.15) is 12.8 Å². The van der Waals surface area contributed by atoms with Crippen molar-refractivity contribution in [2.45, 2.75) is 18.9 Å². The summed E-state index contributed by atoms with van der Waals surface area (Å²) in [6, 6.07) is 0.344. The summed E-state index contributed by atoms with van der Waals surface area (Å²) in [5.41, 5.74) is 0. The third kappa shape index (κ3) is 3.84. The lowest BCUT2D eigenvalue weighted by Crippen LogP contribution is -2.42. The van der Waals surface area contributed by atoms with Crippen LogP contribution in [0.25, 0.3) is 0 Å². The van der Waals surface area contributed by atoms with E-state index < -0.39 is 0 Å². The van der Waals surface area contributed by atoms with Gasteiger partial charge < -0.3 is 19.1 Å². The van der Waals surface area contributed by atoms with Crippen molar-refractivity contribution in [3.05, 3.63) is 23.1 Å². The molecule has 1 unspecified atom stereocenters. The molecule has 1 atom stereocenters. The maximum absolute atomic E-state index is 5.87. The molecule has 0 spiro atoms. The average molecular weight is 396 g/mol. The van der Waals surface area contributed by atoms with Crippen LogP contribution in [0.2, 0.25) is 0 Å². The van der Waals surface area contributed by atoms with Crippen molar-refractivity contribution in [3.63, 3.8) is 0 Å². The Balaban J connectivity index is 1.67. The van der Waals surface area contributed by atoms with Gasteiger partial charge in [-0.2, -0.15) is 15.0 Å². The van der Waals surface area contributed by atoms with Gasteiger partial charge in [-0.25, -0.2) is 4.98 Å². The highest BCUT2D eigenvalue weighted by atomic mass is 79.9. The van der Waals surface area contributed by atoms with Crippen molar-refractivity contribution < 1.29 is 14.2 Å². The highest BCUT2D eigenvalue weighted by Gasteiger charge is 2.24. The van der Waals surface area contributed by atoms with Crippen molar-refractivity contribution in [1.82, 2.24) is 19.9 Å². The van der Waals surface area contributed by atoms with E-state index in [-0.39, 0.29) is 6.10 Å². The Morgan fingerprint density at radius 3 is 2.62 bits per heavy atom. The van der Waals surface area contributed by atoms with Crippen molar-refractivity contribution >= 4 is 21.9 Å².